The lowest BCUT2D eigenvalue weighted by Crippen LogP contribution is -2.38. The Bertz CT molecular complexity index is 483. The van der Waals surface area contributed by atoms with E-state index in [1.54, 1.807) is 7.11 Å². The summed E-state index contributed by atoms with van der Waals surface area (Å²) in [5.74, 6) is 0.938. The highest BCUT2D eigenvalue weighted by Crippen LogP contribution is 2.17. The van der Waals surface area contributed by atoms with Crippen molar-refractivity contribution < 1.29 is 9.47 Å². The minimum atomic E-state index is 0.655. The van der Waals surface area contributed by atoms with Crippen molar-refractivity contribution >= 4 is 21.9 Å². The molecule has 1 aromatic carbocycles. The zero-order valence-corrected chi connectivity index (χ0v) is 16.6. The average Bonchev–Trinajstić information content (AvgIpc) is 2.58. The van der Waals surface area contributed by atoms with Crippen molar-refractivity contribution in [3.05, 3.63) is 34.3 Å². The maximum atomic E-state index is 5.46. The fourth-order valence-electron chi connectivity index (χ4n) is 2.17. The number of nitrogens with zero attached hydrogens (tertiary/aromatic N) is 2. The van der Waals surface area contributed by atoms with Gasteiger partial charge in [0.05, 0.1) is 13.2 Å². The summed E-state index contributed by atoms with van der Waals surface area (Å²) < 4.78 is 11.5. The predicted molar refractivity (Wildman–Crippen MR) is 104 cm³/mol. The second-order valence-corrected chi connectivity index (χ2v) is 6.35. The number of hydrogen-bond acceptors (Lipinski definition) is 3. The molecule has 0 spiro atoms. The molecule has 0 aliphatic rings. The molecular weight excluding hydrogens is 370 g/mol. The number of hydrogen-bond donors (Lipinski definition) is 1. The third kappa shape index (κ3) is 8.66. The molecule has 0 bridgehead atoms. The van der Waals surface area contributed by atoms with Crippen molar-refractivity contribution in [2.45, 2.75) is 26.3 Å². The quantitative estimate of drug-likeness (QED) is 0.352. The number of ether oxygens (including phenoxy) is 2. The second kappa shape index (κ2) is 13.2. The fraction of sp³-hybridized carbons (Fsp3) is 0.611. The maximum Gasteiger partial charge on any atom is 0.193 e. The highest BCUT2D eigenvalue weighted by Gasteiger charge is 2.08. The third-order valence-electron chi connectivity index (χ3n) is 3.45. The zero-order valence-electron chi connectivity index (χ0n) is 15.1. The Labute approximate surface area is 154 Å². The molecule has 0 aliphatic carbocycles. The summed E-state index contributed by atoms with van der Waals surface area (Å²) in [6, 6.07) is 8.28. The number of unbranched alkanes of at least 4 members (excludes halogenated alkanes) is 1. The Hall–Kier alpha value is -1.11. The van der Waals surface area contributed by atoms with E-state index in [-0.39, 0.29) is 0 Å². The summed E-state index contributed by atoms with van der Waals surface area (Å²) in [5, 5.41) is 3.35. The topological polar surface area (TPSA) is 46.1 Å². The molecule has 0 radical (unpaired) electrons. The lowest BCUT2D eigenvalue weighted by atomic mass is 10.2. The zero-order chi connectivity index (χ0) is 17.6. The van der Waals surface area contributed by atoms with Gasteiger partial charge in [-0.1, -0.05) is 34.1 Å². The summed E-state index contributed by atoms with van der Waals surface area (Å²) in [5.41, 5.74) is 1.25. The van der Waals surface area contributed by atoms with Crippen LogP contribution in [0.15, 0.2) is 33.7 Å². The van der Waals surface area contributed by atoms with Gasteiger partial charge in [-0.05, 0) is 31.4 Å². The van der Waals surface area contributed by atoms with E-state index < -0.39 is 0 Å². The van der Waals surface area contributed by atoms with Crippen molar-refractivity contribution in [3.8, 4) is 0 Å². The maximum absolute atomic E-state index is 5.46. The average molecular weight is 400 g/mol. The van der Waals surface area contributed by atoms with E-state index in [4.69, 9.17) is 14.5 Å². The molecule has 0 heterocycles. The largest absolute Gasteiger partial charge is 0.382 e. The van der Waals surface area contributed by atoms with Crippen LogP contribution in [0.2, 0.25) is 0 Å². The molecule has 0 aliphatic heterocycles. The number of halogens is 1. The van der Waals surface area contributed by atoms with E-state index >= 15 is 0 Å². The van der Waals surface area contributed by atoms with Gasteiger partial charge in [-0.15, -0.1) is 0 Å². The van der Waals surface area contributed by atoms with Gasteiger partial charge >= 0.3 is 0 Å². The number of guanidine groups is 1. The summed E-state index contributed by atoms with van der Waals surface area (Å²) in [6.07, 6.45) is 2.03. The van der Waals surface area contributed by atoms with Crippen molar-refractivity contribution in [1.82, 2.24) is 10.2 Å². The highest BCUT2D eigenvalue weighted by atomic mass is 79.9. The molecule has 1 rings (SSSR count). The van der Waals surface area contributed by atoms with Gasteiger partial charge in [-0.2, -0.15) is 0 Å². The molecule has 0 unspecified atom stereocenters. The van der Waals surface area contributed by atoms with Gasteiger partial charge in [0, 0.05) is 44.9 Å². The number of methoxy groups -OCH3 is 1. The van der Waals surface area contributed by atoms with Crippen molar-refractivity contribution in [2.24, 2.45) is 4.99 Å². The Kier molecular flexibility index (Phi) is 11.5. The minimum Gasteiger partial charge on any atom is -0.382 e. The molecule has 0 fully saturated rings. The smallest absolute Gasteiger partial charge is 0.193 e. The van der Waals surface area contributed by atoms with Gasteiger partial charge in [0.25, 0.3) is 0 Å². The molecule has 0 atom stereocenters. The molecule has 1 aromatic rings. The van der Waals surface area contributed by atoms with Crippen LogP contribution in [0.1, 0.15) is 25.3 Å². The van der Waals surface area contributed by atoms with Gasteiger partial charge in [0.15, 0.2) is 5.96 Å². The third-order valence-corrected chi connectivity index (χ3v) is 4.23. The number of rotatable bonds is 11. The van der Waals surface area contributed by atoms with E-state index in [2.05, 4.69) is 58.3 Å². The first-order valence-electron chi connectivity index (χ1n) is 8.48. The Morgan fingerprint density at radius 2 is 2.00 bits per heavy atom. The van der Waals surface area contributed by atoms with Crippen molar-refractivity contribution in [2.75, 3.05) is 47.1 Å². The molecular formula is C18H30BrN3O2. The summed E-state index contributed by atoms with van der Waals surface area (Å²) in [7, 11) is 3.75. The first-order valence-corrected chi connectivity index (χ1v) is 9.27. The second-order valence-electron chi connectivity index (χ2n) is 5.50. The van der Waals surface area contributed by atoms with Gasteiger partial charge in [0.2, 0.25) is 0 Å². The molecule has 6 heteroatoms. The lowest BCUT2D eigenvalue weighted by Gasteiger charge is -2.22. The van der Waals surface area contributed by atoms with E-state index in [9.17, 15) is 0 Å². The summed E-state index contributed by atoms with van der Waals surface area (Å²) in [4.78, 5) is 6.86. The first-order chi connectivity index (χ1) is 11.7. The van der Waals surface area contributed by atoms with Gasteiger partial charge < -0.3 is 19.7 Å². The molecule has 1 N–H and O–H groups in total. The Balaban J connectivity index is 2.39. The summed E-state index contributed by atoms with van der Waals surface area (Å²) in [6.45, 7) is 6.65. The van der Waals surface area contributed by atoms with Gasteiger partial charge in [-0.3, -0.25) is 4.99 Å². The van der Waals surface area contributed by atoms with E-state index in [0.29, 0.717) is 13.2 Å². The van der Waals surface area contributed by atoms with E-state index in [1.807, 2.05) is 6.07 Å². The number of aliphatic imine (C=N–C) groups is 1. The van der Waals surface area contributed by atoms with Crippen LogP contribution in [-0.4, -0.2) is 57.9 Å². The van der Waals surface area contributed by atoms with Crippen LogP contribution in [-0.2, 0) is 16.0 Å². The molecule has 136 valence electrons. The molecule has 0 saturated heterocycles. The van der Waals surface area contributed by atoms with Crippen molar-refractivity contribution in [3.63, 3.8) is 0 Å². The Morgan fingerprint density at radius 3 is 2.71 bits per heavy atom. The van der Waals surface area contributed by atoms with Crippen molar-refractivity contribution in [1.29, 1.82) is 0 Å². The molecule has 24 heavy (non-hydrogen) atoms. The van der Waals surface area contributed by atoms with Crippen LogP contribution in [0, 0.1) is 0 Å². The minimum absolute atomic E-state index is 0.655. The van der Waals surface area contributed by atoms with E-state index in [0.717, 1.165) is 49.5 Å². The van der Waals surface area contributed by atoms with Crippen LogP contribution in [0.25, 0.3) is 0 Å². The number of nitrogens with one attached hydrogen (secondary N) is 1. The van der Waals surface area contributed by atoms with Crippen LogP contribution < -0.4 is 5.32 Å². The normalized spacial score (nSPS) is 11.6. The van der Waals surface area contributed by atoms with E-state index in [1.165, 1.54) is 5.56 Å². The highest BCUT2D eigenvalue weighted by molar-refractivity contribution is 9.10. The van der Waals surface area contributed by atoms with Crippen LogP contribution in [0.3, 0.4) is 0 Å². The van der Waals surface area contributed by atoms with Crippen LogP contribution in [0.4, 0.5) is 0 Å². The Morgan fingerprint density at radius 1 is 1.21 bits per heavy atom. The molecule has 5 nitrogen and oxygen atoms in total. The molecule has 0 saturated carbocycles. The predicted octanol–water partition coefficient (Wildman–Crippen LogP) is 3.29. The lowest BCUT2D eigenvalue weighted by molar-refractivity contribution is 0.0690. The first kappa shape index (κ1) is 20.9. The fourth-order valence-corrected chi connectivity index (χ4v) is 2.58. The van der Waals surface area contributed by atoms with Crippen LogP contribution >= 0.6 is 15.9 Å². The molecule has 0 amide bonds. The monoisotopic (exact) mass is 399 g/mol. The van der Waals surface area contributed by atoms with Gasteiger partial charge in [-0.25, -0.2) is 0 Å². The SMILES string of the molecule is CCNC(=NCCCCOCCOC)N(C)Cc1ccccc1Br. The van der Waals surface area contributed by atoms with Gasteiger partial charge in [0.1, 0.15) is 0 Å². The van der Waals surface area contributed by atoms with Crippen LogP contribution in [0.5, 0.6) is 0 Å². The summed E-state index contributed by atoms with van der Waals surface area (Å²) >= 11 is 3.60. The molecule has 0 aromatic heterocycles. The number of benzene rings is 1. The standard InChI is InChI=1S/C18H30BrN3O2/c1-4-20-18(21-11-7-8-12-24-14-13-23-3)22(2)15-16-9-5-6-10-17(16)19/h5-6,9-10H,4,7-8,11-15H2,1-3H3,(H,20,21).